The highest BCUT2D eigenvalue weighted by molar-refractivity contribution is 6.07. The van der Waals surface area contributed by atoms with E-state index in [0.717, 1.165) is 5.69 Å². The van der Waals surface area contributed by atoms with Crippen LogP contribution in [0.5, 0.6) is 0 Å². The molecule has 0 bridgehead atoms. The number of benzene rings is 2. The maximum absolute atomic E-state index is 12.8. The molecule has 0 aliphatic carbocycles. The van der Waals surface area contributed by atoms with Crippen LogP contribution in [0.15, 0.2) is 48.5 Å². The molecule has 0 fully saturated rings. The Balaban J connectivity index is 1.75. The minimum Gasteiger partial charge on any atom is -0.372 e. The number of hydrogen-bond donors (Lipinski definition) is 2. The number of Topliss-reactive ketones (excluding diaryl/α,β-unsaturated/α-hetero) is 1. The van der Waals surface area contributed by atoms with Crippen molar-refractivity contribution in [2.75, 3.05) is 10.6 Å². The van der Waals surface area contributed by atoms with Crippen molar-refractivity contribution in [3.63, 3.8) is 0 Å². The van der Waals surface area contributed by atoms with Crippen LogP contribution in [-0.2, 0) is 4.79 Å². The van der Waals surface area contributed by atoms with Gasteiger partial charge in [-0.05, 0) is 36.4 Å². The van der Waals surface area contributed by atoms with Crippen molar-refractivity contribution in [2.24, 2.45) is 0 Å². The van der Waals surface area contributed by atoms with Crippen LogP contribution < -0.4 is 10.6 Å². The van der Waals surface area contributed by atoms with Crippen LogP contribution in [-0.4, -0.2) is 17.7 Å². The molecule has 2 aromatic rings. The van der Waals surface area contributed by atoms with Crippen molar-refractivity contribution in [3.8, 4) is 0 Å². The van der Waals surface area contributed by atoms with Crippen LogP contribution in [0.4, 0.5) is 15.8 Å². The summed E-state index contributed by atoms with van der Waals surface area (Å²) in [6.45, 7) is 0. The van der Waals surface area contributed by atoms with Gasteiger partial charge >= 0.3 is 0 Å². The van der Waals surface area contributed by atoms with Crippen molar-refractivity contribution in [2.45, 2.75) is 12.5 Å². The standard InChI is InChI=1S/C16H13FN2O2/c17-11-7-5-10(6-8-11)15(20)9-14-16(21)19-13-4-2-1-3-12(13)18-14/h1-8,14,18H,9H2,(H,19,21)/t14-/m0/s1. The molecule has 2 N–H and O–H groups in total. The van der Waals surface area contributed by atoms with E-state index >= 15 is 0 Å². The molecule has 1 aliphatic heterocycles. The third-order valence-corrected chi connectivity index (χ3v) is 3.39. The molecule has 21 heavy (non-hydrogen) atoms. The van der Waals surface area contributed by atoms with Crippen LogP contribution in [0.1, 0.15) is 16.8 Å². The third-order valence-electron chi connectivity index (χ3n) is 3.39. The van der Waals surface area contributed by atoms with E-state index in [4.69, 9.17) is 0 Å². The number of nitrogens with one attached hydrogen (secondary N) is 2. The van der Waals surface area contributed by atoms with E-state index in [1.54, 1.807) is 6.07 Å². The molecule has 1 heterocycles. The Hall–Kier alpha value is -2.69. The number of carbonyl (C=O) groups is 2. The Morgan fingerprint density at radius 2 is 1.71 bits per heavy atom. The summed E-state index contributed by atoms with van der Waals surface area (Å²) in [5, 5.41) is 5.81. The van der Waals surface area contributed by atoms with Gasteiger partial charge in [-0.1, -0.05) is 12.1 Å². The number of anilines is 2. The average Bonchev–Trinajstić information content (AvgIpc) is 2.48. The molecule has 1 atom stereocenters. The first kappa shape index (κ1) is 13.3. The lowest BCUT2D eigenvalue weighted by Crippen LogP contribution is -2.40. The minimum atomic E-state index is -0.627. The molecule has 3 rings (SSSR count). The van der Waals surface area contributed by atoms with Gasteiger partial charge in [0.05, 0.1) is 11.4 Å². The predicted molar refractivity (Wildman–Crippen MR) is 77.8 cm³/mol. The van der Waals surface area contributed by atoms with Gasteiger partial charge in [0, 0.05) is 12.0 Å². The van der Waals surface area contributed by atoms with E-state index in [0.29, 0.717) is 11.3 Å². The molecule has 0 radical (unpaired) electrons. The number of fused-ring (bicyclic) bond motifs is 1. The topological polar surface area (TPSA) is 58.2 Å². The van der Waals surface area contributed by atoms with Gasteiger partial charge in [-0.15, -0.1) is 0 Å². The second-order valence-corrected chi connectivity index (χ2v) is 4.87. The van der Waals surface area contributed by atoms with Crippen LogP contribution in [0.2, 0.25) is 0 Å². The molecule has 0 spiro atoms. The van der Waals surface area contributed by atoms with Crippen molar-refractivity contribution in [1.82, 2.24) is 0 Å². The van der Waals surface area contributed by atoms with Gasteiger partial charge in [0.1, 0.15) is 11.9 Å². The zero-order valence-corrected chi connectivity index (χ0v) is 11.1. The Morgan fingerprint density at radius 3 is 2.43 bits per heavy atom. The zero-order chi connectivity index (χ0) is 14.8. The fourth-order valence-electron chi connectivity index (χ4n) is 2.27. The normalized spacial score (nSPS) is 16.6. The summed E-state index contributed by atoms with van der Waals surface area (Å²) in [7, 11) is 0. The second kappa shape index (κ2) is 5.36. The van der Waals surface area contributed by atoms with Gasteiger partial charge < -0.3 is 10.6 Å². The lowest BCUT2D eigenvalue weighted by Gasteiger charge is -2.26. The Kier molecular flexibility index (Phi) is 3.39. The number of carbonyl (C=O) groups excluding carboxylic acids is 2. The van der Waals surface area contributed by atoms with Crippen LogP contribution >= 0.6 is 0 Å². The van der Waals surface area contributed by atoms with Crippen molar-refractivity contribution >= 4 is 23.1 Å². The van der Waals surface area contributed by atoms with E-state index in [-0.39, 0.29) is 18.1 Å². The van der Waals surface area contributed by atoms with Crippen LogP contribution in [0.3, 0.4) is 0 Å². The SMILES string of the molecule is O=C(C[C@@H]1Nc2ccccc2NC1=O)c1ccc(F)cc1. The fraction of sp³-hybridized carbons (Fsp3) is 0.125. The predicted octanol–water partition coefficient (Wildman–Crippen LogP) is 2.83. The number of para-hydroxylation sites is 2. The summed E-state index contributed by atoms with van der Waals surface area (Å²) in [6, 6.07) is 12.0. The second-order valence-electron chi connectivity index (χ2n) is 4.87. The van der Waals surface area contributed by atoms with Gasteiger partial charge in [-0.3, -0.25) is 9.59 Å². The highest BCUT2D eigenvalue weighted by Gasteiger charge is 2.27. The van der Waals surface area contributed by atoms with Gasteiger partial charge in [0.2, 0.25) is 5.91 Å². The lowest BCUT2D eigenvalue weighted by molar-refractivity contribution is -0.117. The third kappa shape index (κ3) is 2.76. The minimum absolute atomic E-state index is 0.0196. The summed E-state index contributed by atoms with van der Waals surface area (Å²) in [5.41, 5.74) is 1.88. The quantitative estimate of drug-likeness (QED) is 0.852. The number of hydrogen-bond acceptors (Lipinski definition) is 3. The number of halogens is 1. The summed E-state index contributed by atoms with van der Waals surface area (Å²) in [6.07, 6.45) is 0.0196. The smallest absolute Gasteiger partial charge is 0.247 e. The van der Waals surface area contributed by atoms with E-state index in [2.05, 4.69) is 10.6 Å². The molecule has 1 amide bonds. The lowest BCUT2D eigenvalue weighted by atomic mass is 10.0. The largest absolute Gasteiger partial charge is 0.372 e. The molecule has 1 aliphatic rings. The maximum Gasteiger partial charge on any atom is 0.247 e. The van der Waals surface area contributed by atoms with Crippen LogP contribution in [0, 0.1) is 5.82 Å². The number of rotatable bonds is 3. The highest BCUT2D eigenvalue weighted by atomic mass is 19.1. The molecule has 0 unspecified atom stereocenters. The molecule has 4 nitrogen and oxygen atoms in total. The fourth-order valence-corrected chi connectivity index (χ4v) is 2.27. The first-order chi connectivity index (χ1) is 10.1. The molecule has 5 heteroatoms. The van der Waals surface area contributed by atoms with Crippen molar-refractivity contribution in [3.05, 3.63) is 59.9 Å². The summed E-state index contributed by atoms with van der Waals surface area (Å²) >= 11 is 0. The Labute approximate surface area is 121 Å². The van der Waals surface area contributed by atoms with Crippen molar-refractivity contribution < 1.29 is 14.0 Å². The monoisotopic (exact) mass is 284 g/mol. The molecule has 0 saturated carbocycles. The molecule has 2 aromatic carbocycles. The molecule has 0 aromatic heterocycles. The number of amides is 1. The van der Waals surface area contributed by atoms with Gasteiger partial charge in [-0.25, -0.2) is 4.39 Å². The van der Waals surface area contributed by atoms with E-state index in [1.165, 1.54) is 24.3 Å². The van der Waals surface area contributed by atoms with Crippen LogP contribution in [0.25, 0.3) is 0 Å². The zero-order valence-electron chi connectivity index (χ0n) is 11.1. The summed E-state index contributed by atoms with van der Waals surface area (Å²) in [5.74, 6) is -0.847. The maximum atomic E-state index is 12.8. The number of ketones is 1. The molecular weight excluding hydrogens is 271 g/mol. The average molecular weight is 284 g/mol. The first-order valence-corrected chi connectivity index (χ1v) is 6.59. The molecular formula is C16H13FN2O2. The van der Waals surface area contributed by atoms with Crippen molar-refractivity contribution in [1.29, 1.82) is 0 Å². The van der Waals surface area contributed by atoms with Gasteiger partial charge in [0.15, 0.2) is 5.78 Å². The highest BCUT2D eigenvalue weighted by Crippen LogP contribution is 2.27. The van der Waals surface area contributed by atoms with E-state index in [9.17, 15) is 14.0 Å². The summed E-state index contributed by atoms with van der Waals surface area (Å²) < 4.78 is 12.8. The van der Waals surface area contributed by atoms with Gasteiger partial charge in [0.25, 0.3) is 0 Å². The van der Waals surface area contributed by atoms with Gasteiger partial charge in [-0.2, -0.15) is 0 Å². The van der Waals surface area contributed by atoms with E-state index < -0.39 is 11.9 Å². The Morgan fingerprint density at radius 1 is 1.05 bits per heavy atom. The molecule has 106 valence electrons. The Bertz CT molecular complexity index is 698. The van der Waals surface area contributed by atoms with E-state index in [1.807, 2.05) is 18.2 Å². The first-order valence-electron chi connectivity index (χ1n) is 6.59. The molecule has 0 saturated heterocycles. The summed E-state index contributed by atoms with van der Waals surface area (Å²) in [4.78, 5) is 24.1.